The van der Waals surface area contributed by atoms with Crippen molar-refractivity contribution in [3.63, 3.8) is 0 Å². The van der Waals surface area contributed by atoms with Crippen LogP contribution in [0.4, 0.5) is 5.69 Å². The molecule has 0 bridgehead atoms. The average molecular weight is 431 g/mol. The van der Waals surface area contributed by atoms with Crippen LogP contribution in [0.2, 0.25) is 10.0 Å². The first kappa shape index (κ1) is 21.3. The Hall–Kier alpha value is -1.96. The summed E-state index contributed by atoms with van der Waals surface area (Å²) in [6.45, 7) is 4.82. The van der Waals surface area contributed by atoms with Gasteiger partial charge in [-0.3, -0.25) is 9.52 Å². The summed E-state index contributed by atoms with van der Waals surface area (Å²) in [5, 5.41) is 0.636. The molecule has 0 spiro atoms. The molecule has 2 rings (SSSR count). The standard InChI is InChI=1S/C18H20Cl2N2O4S/c1-3-22(4-2)18(23)12-26-17-10-7-14(11-16(17)20)21-27(24,25)15-8-5-13(19)6-9-15/h5-11,21H,3-4,12H2,1-2H3. The lowest BCUT2D eigenvalue weighted by Crippen LogP contribution is -2.34. The molecular weight excluding hydrogens is 411 g/mol. The molecule has 0 heterocycles. The highest BCUT2D eigenvalue weighted by Crippen LogP contribution is 2.29. The third-order valence-electron chi connectivity index (χ3n) is 3.78. The molecule has 0 aliphatic carbocycles. The van der Waals surface area contributed by atoms with Gasteiger partial charge in [0.2, 0.25) is 0 Å². The van der Waals surface area contributed by atoms with Gasteiger partial charge in [-0.05, 0) is 56.3 Å². The van der Waals surface area contributed by atoms with Crippen molar-refractivity contribution >= 4 is 44.8 Å². The molecule has 0 unspecified atom stereocenters. The van der Waals surface area contributed by atoms with E-state index in [1.54, 1.807) is 4.90 Å². The first-order valence-electron chi connectivity index (χ1n) is 8.25. The van der Waals surface area contributed by atoms with Crippen molar-refractivity contribution in [3.8, 4) is 5.75 Å². The van der Waals surface area contributed by atoms with E-state index in [9.17, 15) is 13.2 Å². The molecule has 2 aromatic rings. The maximum atomic E-state index is 12.4. The molecule has 0 fully saturated rings. The van der Waals surface area contributed by atoms with Crippen molar-refractivity contribution in [2.45, 2.75) is 18.7 Å². The van der Waals surface area contributed by atoms with E-state index >= 15 is 0 Å². The van der Waals surface area contributed by atoms with Crippen LogP contribution in [0.1, 0.15) is 13.8 Å². The van der Waals surface area contributed by atoms with Crippen LogP contribution >= 0.6 is 23.2 Å². The third kappa shape index (κ3) is 5.76. The summed E-state index contributed by atoms with van der Waals surface area (Å²) < 4.78 is 32.7. The summed E-state index contributed by atoms with van der Waals surface area (Å²) in [5.41, 5.74) is 0.275. The van der Waals surface area contributed by atoms with Gasteiger partial charge in [-0.25, -0.2) is 8.42 Å². The fourth-order valence-corrected chi connectivity index (χ4v) is 3.73. The number of ether oxygens (including phenoxy) is 1. The first-order chi connectivity index (χ1) is 12.8. The lowest BCUT2D eigenvalue weighted by atomic mass is 10.3. The van der Waals surface area contributed by atoms with Crippen LogP contribution in [-0.4, -0.2) is 38.9 Å². The summed E-state index contributed by atoms with van der Waals surface area (Å²) in [6.07, 6.45) is 0. The van der Waals surface area contributed by atoms with Crippen LogP contribution < -0.4 is 9.46 Å². The number of hydrogen-bond donors (Lipinski definition) is 1. The Bertz CT molecular complexity index is 898. The summed E-state index contributed by atoms with van der Waals surface area (Å²) >= 11 is 11.9. The Morgan fingerprint density at radius 1 is 1.07 bits per heavy atom. The lowest BCUT2D eigenvalue weighted by Gasteiger charge is -2.19. The van der Waals surface area contributed by atoms with E-state index in [1.165, 1.54) is 42.5 Å². The van der Waals surface area contributed by atoms with Gasteiger partial charge in [0.25, 0.3) is 15.9 Å². The van der Waals surface area contributed by atoms with Crippen molar-refractivity contribution in [3.05, 3.63) is 52.5 Å². The predicted molar refractivity (Wildman–Crippen MR) is 107 cm³/mol. The third-order valence-corrected chi connectivity index (χ3v) is 5.72. The largest absolute Gasteiger partial charge is 0.482 e. The van der Waals surface area contributed by atoms with E-state index in [1.807, 2.05) is 13.8 Å². The number of sulfonamides is 1. The van der Waals surface area contributed by atoms with Crippen molar-refractivity contribution in [2.75, 3.05) is 24.4 Å². The summed E-state index contributed by atoms with van der Waals surface area (Å²) in [7, 11) is -3.77. The monoisotopic (exact) mass is 430 g/mol. The van der Waals surface area contributed by atoms with Gasteiger partial charge in [-0.2, -0.15) is 0 Å². The Morgan fingerprint density at radius 2 is 1.70 bits per heavy atom. The molecule has 0 aliphatic rings. The van der Waals surface area contributed by atoms with E-state index in [0.717, 1.165) is 0 Å². The molecule has 0 aliphatic heterocycles. The molecule has 0 saturated carbocycles. The van der Waals surface area contributed by atoms with Gasteiger partial charge in [-0.15, -0.1) is 0 Å². The Balaban J connectivity index is 2.08. The second-order valence-corrected chi connectivity index (χ2v) is 8.09. The quantitative estimate of drug-likeness (QED) is 0.685. The SMILES string of the molecule is CCN(CC)C(=O)COc1ccc(NS(=O)(=O)c2ccc(Cl)cc2)cc1Cl. The van der Waals surface area contributed by atoms with Gasteiger partial charge in [0.05, 0.1) is 15.6 Å². The van der Waals surface area contributed by atoms with E-state index in [2.05, 4.69) is 4.72 Å². The fraction of sp³-hybridized carbons (Fsp3) is 0.278. The minimum absolute atomic E-state index is 0.0770. The minimum atomic E-state index is -3.77. The number of hydrogen-bond acceptors (Lipinski definition) is 4. The van der Waals surface area contributed by atoms with Crippen molar-refractivity contribution in [1.82, 2.24) is 4.90 Å². The Kier molecular flexibility index (Phi) is 7.35. The van der Waals surface area contributed by atoms with Crippen LogP contribution in [0.5, 0.6) is 5.75 Å². The molecule has 0 atom stereocenters. The second-order valence-electron chi connectivity index (χ2n) is 5.56. The second kappa shape index (κ2) is 9.30. The van der Waals surface area contributed by atoms with Crippen LogP contribution in [-0.2, 0) is 14.8 Å². The van der Waals surface area contributed by atoms with Gasteiger partial charge in [-0.1, -0.05) is 23.2 Å². The molecule has 1 amide bonds. The molecule has 2 aromatic carbocycles. The number of likely N-dealkylation sites (N-methyl/N-ethyl adjacent to an activating group) is 1. The molecule has 0 saturated heterocycles. The minimum Gasteiger partial charge on any atom is -0.482 e. The zero-order chi connectivity index (χ0) is 20.0. The van der Waals surface area contributed by atoms with Gasteiger partial charge in [0.1, 0.15) is 5.75 Å². The summed E-state index contributed by atoms with van der Waals surface area (Å²) in [6, 6.07) is 10.2. The predicted octanol–water partition coefficient (Wildman–Crippen LogP) is 4.04. The van der Waals surface area contributed by atoms with Gasteiger partial charge in [0.15, 0.2) is 6.61 Å². The number of anilines is 1. The van der Waals surface area contributed by atoms with E-state index in [0.29, 0.717) is 23.9 Å². The smallest absolute Gasteiger partial charge is 0.261 e. The summed E-state index contributed by atoms with van der Waals surface area (Å²) in [5.74, 6) is 0.148. The number of halogens is 2. The van der Waals surface area contributed by atoms with Gasteiger partial charge < -0.3 is 9.64 Å². The van der Waals surface area contributed by atoms with E-state index < -0.39 is 10.0 Å². The Morgan fingerprint density at radius 3 is 2.26 bits per heavy atom. The number of rotatable bonds is 8. The highest BCUT2D eigenvalue weighted by atomic mass is 35.5. The average Bonchev–Trinajstić information content (AvgIpc) is 2.62. The lowest BCUT2D eigenvalue weighted by molar-refractivity contribution is -0.132. The van der Waals surface area contributed by atoms with Gasteiger partial charge in [0, 0.05) is 18.1 Å². The number of benzene rings is 2. The number of nitrogens with one attached hydrogen (secondary N) is 1. The number of amides is 1. The van der Waals surface area contributed by atoms with Crippen LogP contribution in [0.15, 0.2) is 47.4 Å². The zero-order valence-corrected chi connectivity index (χ0v) is 17.2. The molecule has 0 radical (unpaired) electrons. The van der Waals surface area contributed by atoms with Crippen molar-refractivity contribution < 1.29 is 17.9 Å². The molecule has 146 valence electrons. The number of nitrogens with zero attached hydrogens (tertiary/aromatic N) is 1. The van der Waals surface area contributed by atoms with Gasteiger partial charge >= 0.3 is 0 Å². The zero-order valence-electron chi connectivity index (χ0n) is 14.9. The molecule has 1 N–H and O–H groups in total. The van der Waals surface area contributed by atoms with E-state index in [4.69, 9.17) is 27.9 Å². The first-order valence-corrected chi connectivity index (χ1v) is 10.5. The number of carbonyl (C=O) groups excluding carboxylic acids is 1. The molecule has 9 heteroatoms. The molecule has 27 heavy (non-hydrogen) atoms. The highest BCUT2D eigenvalue weighted by Gasteiger charge is 2.16. The number of carbonyl (C=O) groups is 1. The Labute approximate surface area is 169 Å². The fourth-order valence-electron chi connectivity index (χ4n) is 2.32. The van der Waals surface area contributed by atoms with Crippen molar-refractivity contribution in [1.29, 1.82) is 0 Å². The maximum Gasteiger partial charge on any atom is 0.261 e. The molecule has 0 aromatic heterocycles. The van der Waals surface area contributed by atoms with E-state index in [-0.39, 0.29) is 28.1 Å². The van der Waals surface area contributed by atoms with Crippen molar-refractivity contribution in [2.24, 2.45) is 0 Å². The van der Waals surface area contributed by atoms with Crippen LogP contribution in [0.3, 0.4) is 0 Å². The van der Waals surface area contributed by atoms with Crippen LogP contribution in [0.25, 0.3) is 0 Å². The highest BCUT2D eigenvalue weighted by molar-refractivity contribution is 7.92. The normalized spacial score (nSPS) is 11.1. The van der Waals surface area contributed by atoms with Crippen LogP contribution in [0, 0.1) is 0 Å². The molecular formula is C18H20Cl2N2O4S. The summed E-state index contributed by atoms with van der Waals surface area (Å²) in [4.78, 5) is 13.7. The maximum absolute atomic E-state index is 12.4. The topological polar surface area (TPSA) is 75.7 Å². The molecule has 6 nitrogen and oxygen atoms in total.